The van der Waals surface area contributed by atoms with E-state index >= 15 is 0 Å². The standard InChI is InChI=1S/C22H27NO6S/c1-22(2,23(17-24)29-14-18-9-5-3-6-10-18)16-30(27,28)15-20(13-21(25)26)19-11-7-4-8-12-19/h3-12,17,20H,13-16H2,1-2H3,(H,25,26). The molecular formula is C22H27NO6S. The van der Waals surface area contributed by atoms with Crippen LogP contribution in [0.4, 0.5) is 0 Å². The molecule has 0 bridgehead atoms. The summed E-state index contributed by atoms with van der Waals surface area (Å²) in [5.74, 6) is -2.45. The average molecular weight is 434 g/mol. The minimum Gasteiger partial charge on any atom is -0.481 e. The van der Waals surface area contributed by atoms with Gasteiger partial charge in [-0.1, -0.05) is 60.7 Å². The number of hydrogen-bond acceptors (Lipinski definition) is 5. The molecule has 0 radical (unpaired) electrons. The number of amides is 1. The van der Waals surface area contributed by atoms with Crippen molar-refractivity contribution in [2.75, 3.05) is 11.5 Å². The van der Waals surface area contributed by atoms with E-state index in [2.05, 4.69) is 0 Å². The summed E-state index contributed by atoms with van der Waals surface area (Å²) in [6.45, 7) is 3.31. The van der Waals surface area contributed by atoms with Gasteiger partial charge < -0.3 is 5.11 Å². The summed E-state index contributed by atoms with van der Waals surface area (Å²) in [5, 5.41) is 10.2. The van der Waals surface area contributed by atoms with Crippen molar-refractivity contribution < 1.29 is 28.0 Å². The molecular weight excluding hydrogens is 406 g/mol. The summed E-state index contributed by atoms with van der Waals surface area (Å²) >= 11 is 0. The number of benzene rings is 2. The molecule has 162 valence electrons. The van der Waals surface area contributed by atoms with E-state index in [1.54, 1.807) is 44.2 Å². The molecule has 2 aromatic rings. The van der Waals surface area contributed by atoms with Crippen molar-refractivity contribution in [3.05, 3.63) is 71.8 Å². The van der Waals surface area contributed by atoms with Crippen molar-refractivity contribution >= 4 is 22.2 Å². The van der Waals surface area contributed by atoms with Gasteiger partial charge in [-0.3, -0.25) is 14.4 Å². The predicted molar refractivity (Wildman–Crippen MR) is 113 cm³/mol. The highest BCUT2D eigenvalue weighted by molar-refractivity contribution is 7.91. The molecule has 2 aromatic carbocycles. The second-order valence-corrected chi connectivity index (χ2v) is 9.87. The van der Waals surface area contributed by atoms with E-state index in [9.17, 15) is 23.1 Å². The number of carboxylic acid groups (broad SMARTS) is 1. The van der Waals surface area contributed by atoms with E-state index in [4.69, 9.17) is 4.84 Å². The maximum Gasteiger partial charge on any atom is 0.303 e. The smallest absolute Gasteiger partial charge is 0.303 e. The highest BCUT2D eigenvalue weighted by atomic mass is 32.2. The second kappa shape index (κ2) is 10.4. The Morgan fingerprint density at radius 2 is 1.67 bits per heavy atom. The molecule has 30 heavy (non-hydrogen) atoms. The van der Waals surface area contributed by atoms with E-state index in [-0.39, 0.29) is 24.5 Å². The van der Waals surface area contributed by atoms with E-state index in [0.717, 1.165) is 10.6 Å². The zero-order valence-corrected chi connectivity index (χ0v) is 17.9. The normalized spacial score (nSPS) is 12.9. The second-order valence-electron chi connectivity index (χ2n) is 7.76. The van der Waals surface area contributed by atoms with Gasteiger partial charge in [0.15, 0.2) is 9.84 Å². The summed E-state index contributed by atoms with van der Waals surface area (Å²) < 4.78 is 25.8. The number of carbonyl (C=O) groups excluding carboxylic acids is 1. The van der Waals surface area contributed by atoms with Crippen molar-refractivity contribution in [3.8, 4) is 0 Å². The largest absolute Gasteiger partial charge is 0.481 e. The Morgan fingerprint density at radius 1 is 1.10 bits per heavy atom. The topological polar surface area (TPSA) is 101 Å². The lowest BCUT2D eigenvalue weighted by Gasteiger charge is -2.34. The third kappa shape index (κ3) is 7.27. The summed E-state index contributed by atoms with van der Waals surface area (Å²) in [6.07, 6.45) is 0.163. The Bertz CT molecular complexity index is 929. The average Bonchev–Trinajstić information content (AvgIpc) is 2.68. The first-order valence-electron chi connectivity index (χ1n) is 9.51. The lowest BCUT2D eigenvalue weighted by molar-refractivity contribution is -0.206. The summed E-state index contributed by atoms with van der Waals surface area (Å²) in [6, 6.07) is 17.9. The van der Waals surface area contributed by atoms with Gasteiger partial charge in [0, 0.05) is 5.92 Å². The SMILES string of the molecule is CC(C)(CS(=O)(=O)CC(CC(=O)O)c1ccccc1)N(C=O)OCc1ccccc1. The van der Waals surface area contributed by atoms with Crippen molar-refractivity contribution in [3.63, 3.8) is 0 Å². The molecule has 2 rings (SSSR count). The summed E-state index contributed by atoms with van der Waals surface area (Å²) in [5.41, 5.74) is 0.349. The van der Waals surface area contributed by atoms with E-state index in [0.29, 0.717) is 12.0 Å². The Hall–Kier alpha value is -2.71. The lowest BCUT2D eigenvalue weighted by atomic mass is 9.98. The molecule has 0 aliphatic heterocycles. The van der Waals surface area contributed by atoms with Gasteiger partial charge in [-0.2, -0.15) is 0 Å². The fraction of sp³-hybridized carbons (Fsp3) is 0.364. The monoisotopic (exact) mass is 433 g/mol. The first-order chi connectivity index (χ1) is 14.1. The number of aliphatic carboxylic acids is 1. The fourth-order valence-electron chi connectivity index (χ4n) is 3.24. The fourth-order valence-corrected chi connectivity index (χ4v) is 5.49. The van der Waals surface area contributed by atoms with Crippen LogP contribution in [0.3, 0.4) is 0 Å². The molecule has 0 saturated heterocycles. The summed E-state index contributed by atoms with van der Waals surface area (Å²) in [7, 11) is -3.71. The molecule has 0 aliphatic rings. The number of sulfone groups is 1. The number of carbonyl (C=O) groups is 2. The Kier molecular flexibility index (Phi) is 8.14. The molecule has 8 heteroatoms. The van der Waals surface area contributed by atoms with E-state index in [1.165, 1.54) is 0 Å². The first kappa shape index (κ1) is 23.6. The zero-order chi connectivity index (χ0) is 22.2. The van der Waals surface area contributed by atoms with Crippen LogP contribution in [0.2, 0.25) is 0 Å². The molecule has 1 amide bonds. The van der Waals surface area contributed by atoms with Crippen LogP contribution in [0.25, 0.3) is 0 Å². The van der Waals surface area contributed by atoms with Crippen LogP contribution in [-0.4, -0.2) is 48.0 Å². The van der Waals surface area contributed by atoms with Crippen LogP contribution in [0.15, 0.2) is 60.7 Å². The van der Waals surface area contributed by atoms with Gasteiger partial charge in [0.1, 0.15) is 6.61 Å². The van der Waals surface area contributed by atoms with Crippen LogP contribution in [0, 0.1) is 0 Å². The Morgan fingerprint density at radius 3 is 2.20 bits per heavy atom. The third-order valence-electron chi connectivity index (χ3n) is 4.63. The quantitative estimate of drug-likeness (QED) is 0.408. The van der Waals surface area contributed by atoms with Gasteiger partial charge in [-0.25, -0.2) is 13.5 Å². The van der Waals surface area contributed by atoms with Crippen molar-refractivity contribution in [2.45, 2.75) is 38.3 Å². The predicted octanol–water partition coefficient (Wildman–Crippen LogP) is 3.03. The molecule has 1 N–H and O–H groups in total. The number of carboxylic acids is 1. The minimum atomic E-state index is -3.71. The number of rotatable bonds is 12. The molecule has 0 saturated carbocycles. The molecule has 0 heterocycles. The maximum absolute atomic E-state index is 12.9. The number of hydrogen-bond donors (Lipinski definition) is 1. The maximum atomic E-state index is 12.9. The first-order valence-corrected chi connectivity index (χ1v) is 11.3. The van der Waals surface area contributed by atoms with Crippen molar-refractivity contribution in [1.82, 2.24) is 5.06 Å². The van der Waals surface area contributed by atoms with Crippen LogP contribution in [0.5, 0.6) is 0 Å². The minimum absolute atomic E-state index is 0.120. The van der Waals surface area contributed by atoms with Crippen LogP contribution in [0.1, 0.15) is 37.3 Å². The molecule has 1 unspecified atom stereocenters. The van der Waals surface area contributed by atoms with E-state index in [1.807, 2.05) is 30.3 Å². The molecule has 0 aliphatic carbocycles. The highest BCUT2D eigenvalue weighted by Gasteiger charge is 2.35. The molecule has 0 fully saturated rings. The van der Waals surface area contributed by atoms with E-state index < -0.39 is 27.3 Å². The molecule has 7 nitrogen and oxygen atoms in total. The molecule has 1 atom stereocenters. The van der Waals surface area contributed by atoms with Crippen LogP contribution >= 0.6 is 0 Å². The number of nitrogens with zero attached hydrogens (tertiary/aromatic N) is 1. The van der Waals surface area contributed by atoms with Crippen molar-refractivity contribution in [2.24, 2.45) is 0 Å². The van der Waals surface area contributed by atoms with Gasteiger partial charge in [-0.15, -0.1) is 0 Å². The Labute approximate surface area is 177 Å². The highest BCUT2D eigenvalue weighted by Crippen LogP contribution is 2.25. The van der Waals surface area contributed by atoms with Gasteiger partial charge in [-0.05, 0) is 25.0 Å². The van der Waals surface area contributed by atoms with Gasteiger partial charge in [0.25, 0.3) is 0 Å². The van der Waals surface area contributed by atoms with Gasteiger partial charge >= 0.3 is 5.97 Å². The molecule has 0 aromatic heterocycles. The van der Waals surface area contributed by atoms with Crippen LogP contribution < -0.4 is 0 Å². The lowest BCUT2D eigenvalue weighted by Crippen LogP contribution is -2.48. The molecule has 0 spiro atoms. The third-order valence-corrected chi connectivity index (χ3v) is 6.68. The Balaban J connectivity index is 2.11. The zero-order valence-electron chi connectivity index (χ0n) is 17.1. The number of hydroxylamine groups is 2. The van der Waals surface area contributed by atoms with Crippen LogP contribution in [-0.2, 0) is 30.9 Å². The van der Waals surface area contributed by atoms with Crippen molar-refractivity contribution in [1.29, 1.82) is 0 Å². The van der Waals surface area contributed by atoms with Gasteiger partial charge in [0.2, 0.25) is 6.41 Å². The van der Waals surface area contributed by atoms with Gasteiger partial charge in [0.05, 0.1) is 23.5 Å². The summed E-state index contributed by atoms with van der Waals surface area (Å²) in [4.78, 5) is 28.4.